The zero-order valence-corrected chi connectivity index (χ0v) is 7.29. The van der Waals surface area contributed by atoms with Crippen LogP contribution in [0.1, 0.15) is 35.1 Å². The molecule has 0 aromatic carbocycles. The number of aromatic amines is 1. The van der Waals surface area contributed by atoms with Crippen LogP contribution in [0.2, 0.25) is 0 Å². The van der Waals surface area contributed by atoms with Crippen molar-refractivity contribution in [3.63, 3.8) is 0 Å². The zero-order chi connectivity index (χ0) is 9.64. The summed E-state index contributed by atoms with van der Waals surface area (Å²) < 4.78 is 0. The van der Waals surface area contributed by atoms with Crippen LogP contribution in [0.5, 0.6) is 0 Å². The Bertz CT molecular complexity index is 365. The molecule has 0 fully saturated rings. The lowest BCUT2D eigenvalue weighted by Crippen LogP contribution is -2.17. The fourth-order valence-electron chi connectivity index (χ4n) is 1.79. The first-order valence-corrected chi connectivity index (χ1v) is 4.19. The third-order valence-corrected chi connectivity index (χ3v) is 2.55. The van der Waals surface area contributed by atoms with E-state index in [1.54, 1.807) is 13.0 Å². The second-order valence-electron chi connectivity index (χ2n) is 3.66. The SMILES string of the molecule is C[C@@]1(O)CCc2cc(C(=O)O)[nH]c21. The standard InChI is InChI=1S/C9H11NO3/c1-9(13)3-2-5-4-6(8(11)12)10-7(5)9/h4,10,13H,2-3H2,1H3,(H,11,12)/t9-/m1/s1. The number of H-pyrrole nitrogens is 1. The molecule has 0 aliphatic heterocycles. The maximum atomic E-state index is 10.6. The first kappa shape index (κ1) is 8.31. The second kappa shape index (κ2) is 2.35. The van der Waals surface area contributed by atoms with E-state index in [1.165, 1.54) is 0 Å². The maximum absolute atomic E-state index is 10.6. The summed E-state index contributed by atoms with van der Waals surface area (Å²) in [6, 6.07) is 1.60. The van der Waals surface area contributed by atoms with Gasteiger partial charge in [0.2, 0.25) is 0 Å². The predicted molar refractivity (Wildman–Crippen MR) is 45.6 cm³/mol. The molecule has 0 spiro atoms. The molecule has 1 aromatic heterocycles. The highest BCUT2D eigenvalue weighted by Crippen LogP contribution is 2.36. The number of rotatable bonds is 1. The van der Waals surface area contributed by atoms with Crippen LogP contribution in [0, 0.1) is 0 Å². The van der Waals surface area contributed by atoms with Gasteiger partial charge in [0.05, 0.1) is 5.69 Å². The molecule has 1 heterocycles. The molecule has 3 N–H and O–H groups in total. The van der Waals surface area contributed by atoms with Gasteiger partial charge in [0.25, 0.3) is 0 Å². The molecular weight excluding hydrogens is 170 g/mol. The van der Waals surface area contributed by atoms with Crippen molar-refractivity contribution in [3.05, 3.63) is 23.0 Å². The molecule has 2 rings (SSSR count). The largest absolute Gasteiger partial charge is 0.477 e. The van der Waals surface area contributed by atoms with Crippen molar-refractivity contribution < 1.29 is 15.0 Å². The number of hydrogen-bond donors (Lipinski definition) is 3. The van der Waals surface area contributed by atoms with Gasteiger partial charge in [-0.2, -0.15) is 0 Å². The third kappa shape index (κ3) is 1.14. The van der Waals surface area contributed by atoms with Crippen molar-refractivity contribution in [2.45, 2.75) is 25.4 Å². The summed E-state index contributed by atoms with van der Waals surface area (Å²) in [5.74, 6) is -0.981. The van der Waals surface area contributed by atoms with Crippen LogP contribution < -0.4 is 0 Å². The Hall–Kier alpha value is -1.29. The quantitative estimate of drug-likeness (QED) is 0.601. The number of hydrogen-bond acceptors (Lipinski definition) is 2. The lowest BCUT2D eigenvalue weighted by Gasteiger charge is -2.15. The first-order valence-electron chi connectivity index (χ1n) is 4.19. The fraction of sp³-hybridized carbons (Fsp3) is 0.444. The summed E-state index contributed by atoms with van der Waals surface area (Å²) in [6.45, 7) is 1.70. The topological polar surface area (TPSA) is 73.3 Å². The Balaban J connectivity index is 2.48. The van der Waals surface area contributed by atoms with Crippen LogP contribution in [0.25, 0.3) is 0 Å². The molecule has 4 heteroatoms. The summed E-state index contributed by atoms with van der Waals surface area (Å²) in [5.41, 5.74) is 0.848. The summed E-state index contributed by atoms with van der Waals surface area (Å²) in [6.07, 6.45) is 1.40. The number of aryl methyl sites for hydroxylation is 1. The van der Waals surface area contributed by atoms with E-state index in [1.807, 2.05) is 0 Å². The van der Waals surface area contributed by atoms with Crippen LogP contribution in [-0.4, -0.2) is 21.2 Å². The number of aromatic carboxylic acids is 1. The van der Waals surface area contributed by atoms with Crippen LogP contribution >= 0.6 is 0 Å². The Kier molecular flexibility index (Phi) is 1.51. The van der Waals surface area contributed by atoms with Crippen molar-refractivity contribution in [3.8, 4) is 0 Å². The van der Waals surface area contributed by atoms with Gasteiger partial charge < -0.3 is 15.2 Å². The molecule has 0 unspecified atom stereocenters. The van der Waals surface area contributed by atoms with Crippen molar-refractivity contribution in [1.29, 1.82) is 0 Å². The van der Waals surface area contributed by atoms with E-state index < -0.39 is 11.6 Å². The number of nitrogens with one attached hydrogen (secondary N) is 1. The van der Waals surface area contributed by atoms with E-state index in [0.29, 0.717) is 12.1 Å². The van der Waals surface area contributed by atoms with Crippen molar-refractivity contribution in [2.24, 2.45) is 0 Å². The Morgan fingerprint density at radius 1 is 1.69 bits per heavy atom. The molecule has 0 saturated heterocycles. The number of fused-ring (bicyclic) bond motifs is 1. The van der Waals surface area contributed by atoms with Gasteiger partial charge in [0.15, 0.2) is 0 Å². The molecule has 0 bridgehead atoms. The first-order chi connectivity index (χ1) is 6.00. The fourth-order valence-corrected chi connectivity index (χ4v) is 1.79. The van der Waals surface area contributed by atoms with E-state index in [-0.39, 0.29) is 5.69 Å². The van der Waals surface area contributed by atoms with E-state index >= 15 is 0 Å². The van der Waals surface area contributed by atoms with Crippen LogP contribution in [0.3, 0.4) is 0 Å². The molecule has 1 aliphatic rings. The molecule has 4 nitrogen and oxygen atoms in total. The molecule has 1 atom stereocenters. The Labute approximate surface area is 75.2 Å². The van der Waals surface area contributed by atoms with Crippen LogP contribution in [0.4, 0.5) is 0 Å². The smallest absolute Gasteiger partial charge is 0.352 e. The summed E-state index contributed by atoms with van der Waals surface area (Å²) in [7, 11) is 0. The van der Waals surface area contributed by atoms with E-state index in [4.69, 9.17) is 5.11 Å². The van der Waals surface area contributed by atoms with Crippen molar-refractivity contribution in [2.75, 3.05) is 0 Å². The summed E-state index contributed by atoms with van der Waals surface area (Å²) >= 11 is 0. The Morgan fingerprint density at radius 3 is 2.92 bits per heavy atom. The number of carboxylic acid groups (broad SMARTS) is 1. The van der Waals surface area contributed by atoms with Gasteiger partial charge in [0, 0.05) is 0 Å². The zero-order valence-electron chi connectivity index (χ0n) is 7.29. The monoisotopic (exact) mass is 181 g/mol. The molecule has 1 aliphatic carbocycles. The lowest BCUT2D eigenvalue weighted by molar-refractivity contribution is 0.0548. The van der Waals surface area contributed by atoms with Crippen molar-refractivity contribution >= 4 is 5.97 Å². The summed E-state index contributed by atoms with van der Waals surface area (Å²) in [5, 5.41) is 18.5. The molecule has 1 aromatic rings. The van der Waals surface area contributed by atoms with E-state index in [0.717, 1.165) is 12.0 Å². The number of aliphatic hydroxyl groups is 1. The summed E-state index contributed by atoms with van der Waals surface area (Å²) in [4.78, 5) is 13.3. The van der Waals surface area contributed by atoms with Gasteiger partial charge in [-0.3, -0.25) is 0 Å². The average molecular weight is 181 g/mol. The molecule has 70 valence electrons. The Morgan fingerprint density at radius 2 is 2.38 bits per heavy atom. The lowest BCUT2D eigenvalue weighted by atomic mass is 10.1. The molecule has 13 heavy (non-hydrogen) atoms. The van der Waals surface area contributed by atoms with Crippen LogP contribution in [0.15, 0.2) is 6.07 Å². The minimum atomic E-state index is -0.981. The van der Waals surface area contributed by atoms with E-state index in [9.17, 15) is 9.90 Å². The maximum Gasteiger partial charge on any atom is 0.352 e. The van der Waals surface area contributed by atoms with Crippen molar-refractivity contribution in [1.82, 2.24) is 4.98 Å². The van der Waals surface area contributed by atoms with Crippen LogP contribution in [-0.2, 0) is 12.0 Å². The van der Waals surface area contributed by atoms with Gasteiger partial charge in [-0.1, -0.05) is 0 Å². The molecule has 0 radical (unpaired) electrons. The second-order valence-corrected chi connectivity index (χ2v) is 3.66. The van der Waals surface area contributed by atoms with Gasteiger partial charge in [-0.15, -0.1) is 0 Å². The number of aromatic nitrogens is 1. The number of carbonyl (C=O) groups is 1. The van der Waals surface area contributed by atoms with Gasteiger partial charge in [-0.25, -0.2) is 4.79 Å². The molecule has 0 saturated carbocycles. The van der Waals surface area contributed by atoms with Gasteiger partial charge in [0.1, 0.15) is 11.3 Å². The predicted octanol–water partition coefficient (Wildman–Crippen LogP) is 0.867. The number of carboxylic acids is 1. The highest BCUT2D eigenvalue weighted by molar-refractivity contribution is 5.86. The molecule has 0 amide bonds. The third-order valence-electron chi connectivity index (χ3n) is 2.55. The molecular formula is C9H11NO3. The van der Waals surface area contributed by atoms with E-state index in [2.05, 4.69) is 4.98 Å². The minimum absolute atomic E-state index is 0.157. The van der Waals surface area contributed by atoms with Gasteiger partial charge >= 0.3 is 5.97 Å². The minimum Gasteiger partial charge on any atom is -0.477 e. The normalized spacial score (nSPS) is 26.0. The highest BCUT2D eigenvalue weighted by atomic mass is 16.4. The van der Waals surface area contributed by atoms with Gasteiger partial charge in [-0.05, 0) is 31.4 Å². The average Bonchev–Trinajstić information content (AvgIpc) is 2.53. The highest BCUT2D eigenvalue weighted by Gasteiger charge is 2.34.